The van der Waals surface area contributed by atoms with Gasteiger partial charge in [0.05, 0.1) is 0 Å². The summed E-state index contributed by atoms with van der Waals surface area (Å²) in [7, 11) is 0. The summed E-state index contributed by atoms with van der Waals surface area (Å²) >= 11 is 0. The van der Waals surface area contributed by atoms with E-state index in [1.807, 2.05) is 6.07 Å². The van der Waals surface area contributed by atoms with Gasteiger partial charge in [-0.05, 0) is 29.0 Å². The molecular formula is C22H29FN2O. The monoisotopic (exact) mass is 356 g/mol. The molecule has 0 fully saturated rings. The predicted molar refractivity (Wildman–Crippen MR) is 106 cm³/mol. The van der Waals surface area contributed by atoms with Crippen LogP contribution in [0.25, 0.3) is 0 Å². The summed E-state index contributed by atoms with van der Waals surface area (Å²) in [5.41, 5.74) is 3.87. The van der Waals surface area contributed by atoms with Crippen LogP contribution in [0, 0.1) is 5.82 Å². The molecule has 0 saturated carbocycles. The van der Waals surface area contributed by atoms with Crippen molar-refractivity contribution in [3.63, 3.8) is 0 Å². The minimum absolute atomic E-state index is 0.0268. The Balaban J connectivity index is 1.94. The molecule has 2 aromatic carbocycles. The standard InChI is InChI=1S/C22H29FN2O/c1-15(2)18-9-7-10-19(16(3)4)22(18)25-21(26)12-13-24-14-17-8-5-6-11-20(17)23/h5-11,15-16,24H,12-14H2,1-4H3,(H,25,26). The third-order valence-corrected chi connectivity index (χ3v) is 4.44. The number of para-hydroxylation sites is 1. The third kappa shape index (κ3) is 5.40. The smallest absolute Gasteiger partial charge is 0.225 e. The van der Waals surface area contributed by atoms with E-state index in [9.17, 15) is 9.18 Å². The summed E-state index contributed by atoms with van der Waals surface area (Å²) in [6.45, 7) is 9.44. The van der Waals surface area contributed by atoms with E-state index in [0.29, 0.717) is 36.9 Å². The highest BCUT2D eigenvalue weighted by Gasteiger charge is 2.15. The van der Waals surface area contributed by atoms with E-state index in [2.05, 4.69) is 56.5 Å². The Labute approximate surface area is 156 Å². The first-order valence-corrected chi connectivity index (χ1v) is 9.27. The van der Waals surface area contributed by atoms with Crippen LogP contribution in [0.3, 0.4) is 0 Å². The van der Waals surface area contributed by atoms with Crippen molar-refractivity contribution in [3.8, 4) is 0 Å². The molecule has 0 bridgehead atoms. The van der Waals surface area contributed by atoms with Gasteiger partial charge in [-0.25, -0.2) is 4.39 Å². The van der Waals surface area contributed by atoms with E-state index in [4.69, 9.17) is 0 Å². The molecule has 0 aliphatic carbocycles. The zero-order valence-electron chi connectivity index (χ0n) is 16.1. The fourth-order valence-corrected chi connectivity index (χ4v) is 2.96. The van der Waals surface area contributed by atoms with Crippen LogP contribution >= 0.6 is 0 Å². The number of carbonyl (C=O) groups is 1. The number of anilines is 1. The van der Waals surface area contributed by atoms with Gasteiger partial charge in [-0.1, -0.05) is 64.1 Å². The molecule has 0 aliphatic rings. The Morgan fingerprint density at radius 1 is 0.962 bits per heavy atom. The van der Waals surface area contributed by atoms with Crippen LogP contribution in [-0.2, 0) is 11.3 Å². The summed E-state index contributed by atoms with van der Waals surface area (Å²) in [4.78, 5) is 12.4. The number of hydrogen-bond donors (Lipinski definition) is 2. The Bertz CT molecular complexity index is 714. The molecule has 1 amide bonds. The van der Waals surface area contributed by atoms with Crippen molar-refractivity contribution in [2.45, 2.75) is 52.5 Å². The molecule has 2 N–H and O–H groups in total. The Morgan fingerprint density at radius 2 is 1.58 bits per heavy atom. The van der Waals surface area contributed by atoms with E-state index in [0.717, 1.165) is 16.8 Å². The predicted octanol–water partition coefficient (Wildman–Crippen LogP) is 5.19. The van der Waals surface area contributed by atoms with Gasteiger partial charge in [0.15, 0.2) is 0 Å². The number of halogens is 1. The fraction of sp³-hybridized carbons (Fsp3) is 0.409. The molecule has 0 aromatic heterocycles. The van der Waals surface area contributed by atoms with Gasteiger partial charge in [0.1, 0.15) is 5.82 Å². The lowest BCUT2D eigenvalue weighted by Crippen LogP contribution is -2.23. The topological polar surface area (TPSA) is 41.1 Å². The van der Waals surface area contributed by atoms with E-state index in [1.54, 1.807) is 12.1 Å². The first-order chi connectivity index (χ1) is 12.4. The first-order valence-electron chi connectivity index (χ1n) is 9.27. The average molecular weight is 356 g/mol. The summed E-state index contributed by atoms with van der Waals surface area (Å²) in [5, 5.41) is 6.23. The van der Waals surface area contributed by atoms with Crippen molar-refractivity contribution in [1.82, 2.24) is 5.32 Å². The molecule has 2 aromatic rings. The molecule has 26 heavy (non-hydrogen) atoms. The van der Waals surface area contributed by atoms with Crippen molar-refractivity contribution in [3.05, 3.63) is 65.0 Å². The Hall–Kier alpha value is -2.20. The molecule has 3 nitrogen and oxygen atoms in total. The van der Waals surface area contributed by atoms with Gasteiger partial charge in [-0.2, -0.15) is 0 Å². The largest absolute Gasteiger partial charge is 0.326 e. The highest BCUT2D eigenvalue weighted by Crippen LogP contribution is 2.32. The van der Waals surface area contributed by atoms with Crippen molar-refractivity contribution >= 4 is 11.6 Å². The van der Waals surface area contributed by atoms with Crippen LogP contribution < -0.4 is 10.6 Å². The molecule has 2 rings (SSSR count). The maximum absolute atomic E-state index is 13.6. The maximum Gasteiger partial charge on any atom is 0.225 e. The lowest BCUT2D eigenvalue weighted by molar-refractivity contribution is -0.116. The second-order valence-corrected chi connectivity index (χ2v) is 7.19. The van der Waals surface area contributed by atoms with Gasteiger partial charge in [0, 0.05) is 30.8 Å². The second-order valence-electron chi connectivity index (χ2n) is 7.19. The van der Waals surface area contributed by atoms with Gasteiger partial charge in [0.25, 0.3) is 0 Å². The summed E-state index contributed by atoms with van der Waals surface area (Å²) in [6.07, 6.45) is 0.346. The van der Waals surface area contributed by atoms with Crippen molar-refractivity contribution < 1.29 is 9.18 Å². The van der Waals surface area contributed by atoms with Gasteiger partial charge in [-0.3, -0.25) is 4.79 Å². The molecule has 0 aliphatic heterocycles. The van der Waals surface area contributed by atoms with Gasteiger partial charge < -0.3 is 10.6 Å². The van der Waals surface area contributed by atoms with Crippen LogP contribution in [0.5, 0.6) is 0 Å². The number of rotatable bonds is 8. The average Bonchev–Trinajstić information content (AvgIpc) is 2.59. The number of hydrogen-bond acceptors (Lipinski definition) is 2. The maximum atomic E-state index is 13.6. The second kappa shape index (κ2) is 9.48. The molecule has 0 spiro atoms. The van der Waals surface area contributed by atoms with E-state index in [1.165, 1.54) is 6.07 Å². The third-order valence-electron chi connectivity index (χ3n) is 4.44. The van der Waals surface area contributed by atoms with E-state index >= 15 is 0 Å². The molecule has 0 atom stereocenters. The lowest BCUT2D eigenvalue weighted by Gasteiger charge is -2.20. The zero-order chi connectivity index (χ0) is 19.1. The number of carbonyl (C=O) groups excluding carboxylic acids is 1. The van der Waals surface area contributed by atoms with Gasteiger partial charge in [-0.15, -0.1) is 0 Å². The summed E-state index contributed by atoms with van der Waals surface area (Å²) in [5.74, 6) is 0.421. The summed E-state index contributed by atoms with van der Waals surface area (Å²) < 4.78 is 13.6. The molecule has 4 heteroatoms. The number of nitrogens with one attached hydrogen (secondary N) is 2. The molecule has 0 heterocycles. The van der Waals surface area contributed by atoms with Crippen LogP contribution in [0.2, 0.25) is 0 Å². The Kier molecular flexibility index (Phi) is 7.34. The molecule has 0 radical (unpaired) electrons. The van der Waals surface area contributed by atoms with E-state index in [-0.39, 0.29) is 11.7 Å². The Morgan fingerprint density at radius 3 is 2.15 bits per heavy atom. The SMILES string of the molecule is CC(C)c1cccc(C(C)C)c1NC(=O)CCNCc1ccccc1F. The molecular weight excluding hydrogens is 327 g/mol. The number of amides is 1. The van der Waals surface area contributed by atoms with Crippen LogP contribution in [0.15, 0.2) is 42.5 Å². The van der Waals surface area contributed by atoms with E-state index < -0.39 is 0 Å². The zero-order valence-corrected chi connectivity index (χ0v) is 16.1. The van der Waals surface area contributed by atoms with Crippen molar-refractivity contribution in [2.24, 2.45) is 0 Å². The minimum atomic E-state index is -0.225. The van der Waals surface area contributed by atoms with Gasteiger partial charge >= 0.3 is 0 Å². The highest BCUT2D eigenvalue weighted by atomic mass is 19.1. The minimum Gasteiger partial charge on any atom is -0.326 e. The van der Waals surface area contributed by atoms with Crippen LogP contribution in [-0.4, -0.2) is 12.5 Å². The fourth-order valence-electron chi connectivity index (χ4n) is 2.96. The first kappa shape index (κ1) is 20.1. The lowest BCUT2D eigenvalue weighted by atomic mass is 9.92. The summed E-state index contributed by atoms with van der Waals surface area (Å²) in [6, 6.07) is 12.9. The normalized spacial score (nSPS) is 11.2. The molecule has 140 valence electrons. The van der Waals surface area contributed by atoms with Gasteiger partial charge in [0.2, 0.25) is 5.91 Å². The molecule has 0 saturated heterocycles. The van der Waals surface area contributed by atoms with Crippen molar-refractivity contribution in [2.75, 3.05) is 11.9 Å². The highest BCUT2D eigenvalue weighted by molar-refractivity contribution is 5.92. The number of benzene rings is 2. The quantitative estimate of drug-likeness (QED) is 0.639. The van der Waals surface area contributed by atoms with Crippen LogP contribution in [0.4, 0.5) is 10.1 Å². The molecule has 0 unspecified atom stereocenters. The van der Waals surface area contributed by atoms with Crippen molar-refractivity contribution in [1.29, 1.82) is 0 Å². The van der Waals surface area contributed by atoms with Crippen LogP contribution in [0.1, 0.15) is 62.6 Å².